The maximum Gasteiger partial charge on any atom is 0.172 e. The molecule has 0 aliphatic heterocycles. The summed E-state index contributed by atoms with van der Waals surface area (Å²) in [6, 6.07) is 7.25. The first kappa shape index (κ1) is 10.2. The molecule has 0 unspecified atom stereocenters. The lowest BCUT2D eigenvalue weighted by atomic mass is 10.3. The standard InChI is InChI=1S/C10H12N2O2/c1-8(13)7-11-12-9-3-5-10(14-2)6-4-9/h3-7,12H,1-2H3. The minimum Gasteiger partial charge on any atom is -0.497 e. The van der Waals surface area contributed by atoms with E-state index in [1.54, 1.807) is 7.11 Å². The Morgan fingerprint density at radius 2 is 2.07 bits per heavy atom. The van der Waals surface area contributed by atoms with Crippen LogP contribution in [0.25, 0.3) is 0 Å². The molecule has 0 saturated carbocycles. The summed E-state index contributed by atoms with van der Waals surface area (Å²) in [5.41, 5.74) is 3.53. The lowest BCUT2D eigenvalue weighted by Crippen LogP contribution is -1.95. The third-order valence-electron chi connectivity index (χ3n) is 1.53. The number of carbonyl (C=O) groups is 1. The highest BCUT2D eigenvalue weighted by molar-refractivity contribution is 6.26. The Bertz CT molecular complexity index is 330. The molecule has 0 aliphatic rings. The number of benzene rings is 1. The number of rotatable bonds is 4. The number of ether oxygens (including phenoxy) is 1. The molecule has 0 fully saturated rings. The third kappa shape index (κ3) is 3.26. The summed E-state index contributed by atoms with van der Waals surface area (Å²) in [6.07, 6.45) is 1.23. The summed E-state index contributed by atoms with van der Waals surface area (Å²) in [4.78, 5) is 10.5. The number of Topliss-reactive ketones (excluding diaryl/α,β-unsaturated/α-hetero) is 1. The lowest BCUT2D eigenvalue weighted by Gasteiger charge is -2.01. The predicted molar refractivity (Wildman–Crippen MR) is 55.8 cm³/mol. The molecule has 1 rings (SSSR count). The summed E-state index contributed by atoms with van der Waals surface area (Å²) < 4.78 is 4.99. The minimum absolute atomic E-state index is 0.0917. The van der Waals surface area contributed by atoms with Crippen molar-refractivity contribution in [3.63, 3.8) is 0 Å². The van der Waals surface area contributed by atoms with E-state index in [0.29, 0.717) is 0 Å². The number of nitrogens with zero attached hydrogens (tertiary/aromatic N) is 1. The van der Waals surface area contributed by atoms with Crippen molar-refractivity contribution in [3.05, 3.63) is 24.3 Å². The molecule has 0 amide bonds. The minimum atomic E-state index is -0.0917. The van der Waals surface area contributed by atoms with E-state index in [2.05, 4.69) is 10.5 Å². The topological polar surface area (TPSA) is 50.7 Å². The first-order chi connectivity index (χ1) is 6.72. The monoisotopic (exact) mass is 192 g/mol. The Morgan fingerprint density at radius 1 is 1.43 bits per heavy atom. The zero-order chi connectivity index (χ0) is 10.4. The molecular formula is C10H12N2O2. The first-order valence-corrected chi connectivity index (χ1v) is 4.16. The Balaban J connectivity index is 2.56. The van der Waals surface area contributed by atoms with Gasteiger partial charge in [0.2, 0.25) is 0 Å². The van der Waals surface area contributed by atoms with E-state index in [9.17, 15) is 4.79 Å². The summed E-state index contributed by atoms with van der Waals surface area (Å²) >= 11 is 0. The van der Waals surface area contributed by atoms with Crippen LogP contribution in [0.3, 0.4) is 0 Å². The number of nitrogens with one attached hydrogen (secondary N) is 1. The van der Waals surface area contributed by atoms with Crippen molar-refractivity contribution < 1.29 is 9.53 Å². The maximum atomic E-state index is 10.5. The van der Waals surface area contributed by atoms with Gasteiger partial charge in [-0.2, -0.15) is 5.10 Å². The largest absolute Gasteiger partial charge is 0.497 e. The molecule has 0 bridgehead atoms. The van der Waals surface area contributed by atoms with Gasteiger partial charge in [0.25, 0.3) is 0 Å². The second-order valence-corrected chi connectivity index (χ2v) is 2.71. The van der Waals surface area contributed by atoms with E-state index in [1.807, 2.05) is 24.3 Å². The molecule has 0 radical (unpaired) electrons. The maximum absolute atomic E-state index is 10.5. The lowest BCUT2D eigenvalue weighted by molar-refractivity contribution is -0.110. The first-order valence-electron chi connectivity index (χ1n) is 4.16. The Morgan fingerprint density at radius 3 is 2.57 bits per heavy atom. The van der Waals surface area contributed by atoms with Gasteiger partial charge in [-0.25, -0.2) is 0 Å². The Hall–Kier alpha value is -1.84. The SMILES string of the molecule is COc1ccc(NN=CC(C)=O)cc1. The summed E-state index contributed by atoms with van der Waals surface area (Å²) in [6.45, 7) is 1.44. The molecule has 4 heteroatoms. The van der Waals surface area contributed by atoms with Gasteiger partial charge in [-0.05, 0) is 24.3 Å². The number of hydrogen-bond donors (Lipinski definition) is 1. The van der Waals surface area contributed by atoms with Crippen LogP contribution in [0.15, 0.2) is 29.4 Å². The van der Waals surface area contributed by atoms with E-state index in [0.717, 1.165) is 11.4 Å². The molecule has 1 aromatic rings. The van der Waals surface area contributed by atoms with Crippen LogP contribution in [-0.2, 0) is 4.79 Å². The molecule has 0 saturated heterocycles. The van der Waals surface area contributed by atoms with Crippen LogP contribution in [-0.4, -0.2) is 19.1 Å². The quantitative estimate of drug-likeness (QED) is 0.583. The van der Waals surface area contributed by atoms with Crippen molar-refractivity contribution in [2.24, 2.45) is 5.10 Å². The summed E-state index contributed by atoms with van der Waals surface area (Å²) in [5.74, 6) is 0.692. The van der Waals surface area contributed by atoms with Gasteiger partial charge >= 0.3 is 0 Å². The van der Waals surface area contributed by atoms with E-state index in [1.165, 1.54) is 13.1 Å². The normalized spacial score (nSPS) is 10.1. The van der Waals surface area contributed by atoms with Crippen LogP contribution >= 0.6 is 0 Å². The van der Waals surface area contributed by atoms with E-state index >= 15 is 0 Å². The van der Waals surface area contributed by atoms with Gasteiger partial charge in [0.05, 0.1) is 19.0 Å². The predicted octanol–water partition coefficient (Wildman–Crippen LogP) is 1.68. The average Bonchev–Trinajstić information content (AvgIpc) is 2.18. The van der Waals surface area contributed by atoms with Gasteiger partial charge in [-0.3, -0.25) is 10.2 Å². The van der Waals surface area contributed by atoms with E-state index < -0.39 is 0 Å². The average molecular weight is 192 g/mol. The van der Waals surface area contributed by atoms with Crippen LogP contribution in [0.4, 0.5) is 5.69 Å². The molecule has 1 aromatic carbocycles. The fraction of sp³-hybridized carbons (Fsp3) is 0.200. The second kappa shape index (κ2) is 5.01. The molecule has 14 heavy (non-hydrogen) atoms. The van der Waals surface area contributed by atoms with Crippen molar-refractivity contribution in [3.8, 4) is 5.75 Å². The van der Waals surface area contributed by atoms with Crippen LogP contribution in [0.5, 0.6) is 5.75 Å². The van der Waals surface area contributed by atoms with Gasteiger partial charge < -0.3 is 4.74 Å². The van der Waals surface area contributed by atoms with Gasteiger partial charge in [0.15, 0.2) is 5.78 Å². The third-order valence-corrected chi connectivity index (χ3v) is 1.53. The highest BCUT2D eigenvalue weighted by atomic mass is 16.5. The molecule has 0 spiro atoms. The number of methoxy groups -OCH3 is 1. The fourth-order valence-electron chi connectivity index (χ4n) is 0.863. The van der Waals surface area contributed by atoms with Crippen molar-refractivity contribution in [1.29, 1.82) is 0 Å². The molecule has 0 aliphatic carbocycles. The van der Waals surface area contributed by atoms with Gasteiger partial charge in [0, 0.05) is 6.92 Å². The number of carbonyl (C=O) groups excluding carboxylic acids is 1. The molecule has 0 aromatic heterocycles. The molecule has 0 atom stereocenters. The number of hydrazone groups is 1. The smallest absolute Gasteiger partial charge is 0.172 e. The number of anilines is 1. The van der Waals surface area contributed by atoms with Crippen LogP contribution in [0.1, 0.15) is 6.92 Å². The van der Waals surface area contributed by atoms with Gasteiger partial charge in [0.1, 0.15) is 5.75 Å². The van der Waals surface area contributed by atoms with Crippen molar-refractivity contribution in [2.75, 3.05) is 12.5 Å². The molecule has 4 nitrogen and oxygen atoms in total. The molecule has 0 heterocycles. The highest BCUT2D eigenvalue weighted by Gasteiger charge is 1.91. The molecule has 74 valence electrons. The summed E-state index contributed by atoms with van der Waals surface area (Å²) in [7, 11) is 1.61. The zero-order valence-electron chi connectivity index (χ0n) is 8.15. The highest BCUT2D eigenvalue weighted by Crippen LogP contribution is 2.14. The van der Waals surface area contributed by atoms with Crippen LogP contribution in [0.2, 0.25) is 0 Å². The van der Waals surface area contributed by atoms with E-state index in [4.69, 9.17) is 4.74 Å². The second-order valence-electron chi connectivity index (χ2n) is 2.71. The van der Waals surface area contributed by atoms with Crippen LogP contribution < -0.4 is 10.2 Å². The van der Waals surface area contributed by atoms with Crippen molar-refractivity contribution in [2.45, 2.75) is 6.92 Å². The van der Waals surface area contributed by atoms with Crippen molar-refractivity contribution >= 4 is 17.7 Å². The van der Waals surface area contributed by atoms with Gasteiger partial charge in [-0.1, -0.05) is 0 Å². The molecular weight excluding hydrogens is 180 g/mol. The number of ketones is 1. The van der Waals surface area contributed by atoms with Gasteiger partial charge in [-0.15, -0.1) is 0 Å². The van der Waals surface area contributed by atoms with Crippen molar-refractivity contribution in [1.82, 2.24) is 0 Å². The fourth-order valence-corrected chi connectivity index (χ4v) is 0.863. The van der Waals surface area contributed by atoms with Crippen LogP contribution in [0, 0.1) is 0 Å². The Kier molecular flexibility index (Phi) is 3.67. The number of hydrogen-bond acceptors (Lipinski definition) is 4. The molecule has 1 N–H and O–H groups in total. The zero-order valence-corrected chi connectivity index (χ0v) is 8.15. The summed E-state index contributed by atoms with van der Waals surface area (Å²) in [5, 5.41) is 3.73. The Labute approximate surface area is 82.6 Å². The van der Waals surface area contributed by atoms with E-state index in [-0.39, 0.29) is 5.78 Å².